The van der Waals surface area contributed by atoms with Crippen molar-refractivity contribution in [1.82, 2.24) is 10.2 Å². The minimum absolute atomic E-state index is 0.0387. The fourth-order valence-electron chi connectivity index (χ4n) is 1.59. The summed E-state index contributed by atoms with van der Waals surface area (Å²) >= 11 is 5.50. The largest absolute Gasteiger partial charge is 0.417 e. The highest BCUT2D eigenvalue weighted by molar-refractivity contribution is 6.31. The van der Waals surface area contributed by atoms with Crippen molar-refractivity contribution in [2.75, 3.05) is 32.5 Å². The van der Waals surface area contributed by atoms with Crippen molar-refractivity contribution in [3.05, 3.63) is 28.8 Å². The van der Waals surface area contributed by atoms with Crippen LogP contribution < -0.4 is 10.6 Å². The summed E-state index contributed by atoms with van der Waals surface area (Å²) in [5.41, 5.74) is -0.939. The Hall–Kier alpha value is -1.47. The van der Waals surface area contributed by atoms with Gasteiger partial charge in [-0.1, -0.05) is 11.6 Å². The second-order valence-electron chi connectivity index (χ2n) is 4.73. The molecule has 1 aromatic rings. The van der Waals surface area contributed by atoms with E-state index in [9.17, 15) is 18.0 Å². The van der Waals surface area contributed by atoms with E-state index in [4.69, 9.17) is 11.6 Å². The molecule has 21 heavy (non-hydrogen) atoms. The minimum Gasteiger partial charge on any atom is -0.338 e. The standard InChI is InChI=1S/C13H17ClF3N3O/c1-20(2)7-3-6-18-12(21)19-9-4-5-11(14)10(8-9)13(15,16)17/h4-5,8H,3,6-7H2,1-2H3,(H2,18,19,21). The average Bonchev–Trinajstić information content (AvgIpc) is 2.35. The number of carbonyl (C=O) groups excluding carboxylic acids is 1. The zero-order chi connectivity index (χ0) is 16.0. The van der Waals surface area contributed by atoms with Crippen LogP contribution in [0.15, 0.2) is 18.2 Å². The molecule has 0 fully saturated rings. The van der Waals surface area contributed by atoms with Gasteiger partial charge in [-0.15, -0.1) is 0 Å². The Bertz CT molecular complexity index is 492. The number of hydrogen-bond donors (Lipinski definition) is 2. The fourth-order valence-corrected chi connectivity index (χ4v) is 1.82. The summed E-state index contributed by atoms with van der Waals surface area (Å²) in [5.74, 6) is 0. The first kappa shape index (κ1) is 17.6. The van der Waals surface area contributed by atoms with E-state index in [1.807, 2.05) is 19.0 Å². The van der Waals surface area contributed by atoms with E-state index < -0.39 is 22.8 Å². The lowest BCUT2D eigenvalue weighted by Gasteiger charge is -2.13. The summed E-state index contributed by atoms with van der Waals surface area (Å²) in [5, 5.41) is 4.51. The van der Waals surface area contributed by atoms with Crippen molar-refractivity contribution in [3.8, 4) is 0 Å². The third-order valence-electron chi connectivity index (χ3n) is 2.60. The van der Waals surface area contributed by atoms with Gasteiger partial charge >= 0.3 is 12.2 Å². The zero-order valence-corrected chi connectivity index (χ0v) is 12.5. The van der Waals surface area contributed by atoms with Crippen LogP contribution in [0, 0.1) is 0 Å². The molecule has 0 atom stereocenters. The van der Waals surface area contributed by atoms with Crippen LogP contribution in [0.5, 0.6) is 0 Å². The predicted molar refractivity (Wildman–Crippen MR) is 76.6 cm³/mol. The molecule has 1 rings (SSSR count). The third kappa shape index (κ3) is 6.22. The molecule has 4 nitrogen and oxygen atoms in total. The number of benzene rings is 1. The van der Waals surface area contributed by atoms with E-state index in [1.54, 1.807) is 0 Å². The molecule has 0 bridgehead atoms. The molecule has 0 radical (unpaired) electrons. The van der Waals surface area contributed by atoms with E-state index >= 15 is 0 Å². The lowest BCUT2D eigenvalue weighted by Crippen LogP contribution is -2.31. The van der Waals surface area contributed by atoms with Crippen LogP contribution in [0.3, 0.4) is 0 Å². The normalized spacial score (nSPS) is 11.6. The number of urea groups is 1. The lowest BCUT2D eigenvalue weighted by molar-refractivity contribution is -0.137. The fraction of sp³-hybridized carbons (Fsp3) is 0.462. The molecule has 2 N–H and O–H groups in total. The number of nitrogens with zero attached hydrogens (tertiary/aromatic N) is 1. The molecule has 0 spiro atoms. The number of hydrogen-bond acceptors (Lipinski definition) is 2. The number of anilines is 1. The number of alkyl halides is 3. The molecule has 0 aliphatic carbocycles. The van der Waals surface area contributed by atoms with Gasteiger partial charge in [0.25, 0.3) is 0 Å². The molecule has 0 unspecified atom stereocenters. The van der Waals surface area contributed by atoms with Crippen LogP contribution in [0.4, 0.5) is 23.7 Å². The zero-order valence-electron chi connectivity index (χ0n) is 11.7. The highest BCUT2D eigenvalue weighted by Crippen LogP contribution is 2.36. The summed E-state index contributed by atoms with van der Waals surface area (Å²) < 4.78 is 38.0. The van der Waals surface area contributed by atoms with Crippen molar-refractivity contribution in [1.29, 1.82) is 0 Å². The van der Waals surface area contributed by atoms with Crippen molar-refractivity contribution < 1.29 is 18.0 Å². The van der Waals surface area contributed by atoms with E-state index in [0.717, 1.165) is 25.1 Å². The smallest absolute Gasteiger partial charge is 0.338 e. The minimum atomic E-state index is -4.56. The van der Waals surface area contributed by atoms with Crippen molar-refractivity contribution in [3.63, 3.8) is 0 Å². The molecule has 0 saturated carbocycles. The maximum atomic E-state index is 12.7. The summed E-state index contributed by atoms with van der Waals surface area (Å²) in [7, 11) is 3.82. The number of rotatable bonds is 5. The second-order valence-corrected chi connectivity index (χ2v) is 5.14. The highest BCUT2D eigenvalue weighted by Gasteiger charge is 2.33. The monoisotopic (exact) mass is 323 g/mol. The molecule has 0 aliphatic rings. The summed E-state index contributed by atoms with van der Waals surface area (Å²) in [6.07, 6.45) is -3.81. The number of nitrogens with one attached hydrogen (secondary N) is 2. The van der Waals surface area contributed by atoms with Crippen LogP contribution in [-0.4, -0.2) is 38.1 Å². The molecule has 0 aliphatic heterocycles. The van der Waals surface area contributed by atoms with Gasteiger partial charge in [0.05, 0.1) is 10.6 Å². The molecular formula is C13H17ClF3N3O. The Balaban J connectivity index is 2.57. The van der Waals surface area contributed by atoms with Gasteiger partial charge in [-0.2, -0.15) is 13.2 Å². The van der Waals surface area contributed by atoms with Crippen LogP contribution in [-0.2, 0) is 6.18 Å². The first-order chi connectivity index (χ1) is 9.70. The van der Waals surface area contributed by atoms with Crippen LogP contribution in [0.25, 0.3) is 0 Å². The topological polar surface area (TPSA) is 44.4 Å². The maximum Gasteiger partial charge on any atom is 0.417 e. The number of halogens is 4. The van der Waals surface area contributed by atoms with Gasteiger partial charge < -0.3 is 15.5 Å². The van der Waals surface area contributed by atoms with Crippen molar-refractivity contribution in [2.24, 2.45) is 0 Å². The van der Waals surface area contributed by atoms with Crippen LogP contribution >= 0.6 is 11.6 Å². The lowest BCUT2D eigenvalue weighted by atomic mass is 10.2. The Kier molecular flexibility index (Phi) is 6.29. The van der Waals surface area contributed by atoms with E-state index in [-0.39, 0.29) is 5.69 Å². The SMILES string of the molecule is CN(C)CCCNC(=O)Nc1ccc(Cl)c(C(F)(F)F)c1. The Labute approximate surface area is 126 Å². The molecule has 118 valence electrons. The molecule has 2 amide bonds. The Morgan fingerprint density at radius 1 is 1.33 bits per heavy atom. The van der Waals surface area contributed by atoms with Crippen molar-refractivity contribution in [2.45, 2.75) is 12.6 Å². The van der Waals surface area contributed by atoms with Gasteiger partial charge in [0.15, 0.2) is 0 Å². The molecule has 0 saturated heterocycles. The molecular weight excluding hydrogens is 307 g/mol. The van der Waals surface area contributed by atoms with Gasteiger partial charge in [-0.05, 0) is 45.3 Å². The number of amides is 2. The van der Waals surface area contributed by atoms with Gasteiger partial charge in [0.2, 0.25) is 0 Å². The molecule has 8 heteroatoms. The van der Waals surface area contributed by atoms with Gasteiger partial charge in [0, 0.05) is 12.2 Å². The molecule has 0 aromatic heterocycles. The number of carbonyl (C=O) groups is 1. The Morgan fingerprint density at radius 3 is 2.57 bits per heavy atom. The Morgan fingerprint density at radius 2 is 2.00 bits per heavy atom. The van der Waals surface area contributed by atoms with Gasteiger partial charge in [-0.25, -0.2) is 4.79 Å². The van der Waals surface area contributed by atoms with E-state index in [2.05, 4.69) is 10.6 Å². The van der Waals surface area contributed by atoms with Gasteiger partial charge in [-0.3, -0.25) is 0 Å². The van der Waals surface area contributed by atoms with E-state index in [0.29, 0.717) is 6.54 Å². The second kappa shape index (κ2) is 7.51. The highest BCUT2D eigenvalue weighted by atomic mass is 35.5. The first-order valence-corrected chi connectivity index (χ1v) is 6.64. The summed E-state index contributed by atoms with van der Waals surface area (Å²) in [4.78, 5) is 13.5. The molecule has 0 heterocycles. The van der Waals surface area contributed by atoms with Gasteiger partial charge in [0.1, 0.15) is 0 Å². The third-order valence-corrected chi connectivity index (χ3v) is 2.93. The maximum absolute atomic E-state index is 12.7. The first-order valence-electron chi connectivity index (χ1n) is 6.26. The van der Waals surface area contributed by atoms with Crippen molar-refractivity contribution >= 4 is 23.3 Å². The van der Waals surface area contributed by atoms with E-state index in [1.165, 1.54) is 6.07 Å². The quantitative estimate of drug-likeness (QED) is 0.815. The van der Waals surface area contributed by atoms with Crippen LogP contribution in [0.2, 0.25) is 5.02 Å². The van der Waals surface area contributed by atoms with Crippen LogP contribution in [0.1, 0.15) is 12.0 Å². The summed E-state index contributed by atoms with van der Waals surface area (Å²) in [6, 6.07) is 2.68. The predicted octanol–water partition coefficient (Wildman–Crippen LogP) is 3.43. The summed E-state index contributed by atoms with van der Waals surface area (Å²) in [6.45, 7) is 1.24. The average molecular weight is 324 g/mol. The molecule has 1 aromatic carbocycles.